The summed E-state index contributed by atoms with van der Waals surface area (Å²) in [6.45, 7) is 8.27. The maximum atomic E-state index is 13.1. The number of ether oxygens (including phenoxy) is 1. The van der Waals surface area contributed by atoms with Gasteiger partial charge < -0.3 is 26.2 Å². The molecule has 1 aliphatic rings. The average molecular weight is 480 g/mol. The Kier molecular flexibility index (Phi) is 8.43. The van der Waals surface area contributed by atoms with Gasteiger partial charge in [0, 0.05) is 24.6 Å². The van der Waals surface area contributed by atoms with E-state index in [1.54, 1.807) is 10.9 Å². The van der Waals surface area contributed by atoms with Crippen molar-refractivity contribution in [2.24, 2.45) is 5.73 Å². The minimum absolute atomic E-state index is 0.189. The van der Waals surface area contributed by atoms with Gasteiger partial charge in [-0.2, -0.15) is 5.10 Å². The molecule has 0 bridgehead atoms. The van der Waals surface area contributed by atoms with E-state index in [1.807, 2.05) is 46.0 Å². The van der Waals surface area contributed by atoms with Crippen molar-refractivity contribution in [1.29, 1.82) is 0 Å². The predicted octanol–water partition coefficient (Wildman–Crippen LogP) is 2.18. The van der Waals surface area contributed by atoms with Crippen molar-refractivity contribution in [3.63, 3.8) is 0 Å². The highest BCUT2D eigenvalue weighted by Gasteiger charge is 2.26. The summed E-state index contributed by atoms with van der Waals surface area (Å²) in [6.07, 6.45) is 10.4. The van der Waals surface area contributed by atoms with E-state index < -0.39 is 12.0 Å². The number of hydrogen-bond acceptors (Lipinski definition) is 8. The Morgan fingerprint density at radius 3 is 2.71 bits per heavy atom. The summed E-state index contributed by atoms with van der Waals surface area (Å²) >= 11 is 0. The molecule has 0 saturated carbocycles. The molecule has 2 aromatic heterocycles. The van der Waals surface area contributed by atoms with Crippen LogP contribution in [0.25, 0.3) is 16.8 Å². The Bertz CT molecular complexity index is 1190. The number of nitrogens with zero attached hydrogens (tertiary/aromatic N) is 4. The van der Waals surface area contributed by atoms with E-state index >= 15 is 0 Å². The van der Waals surface area contributed by atoms with Crippen LogP contribution in [0.3, 0.4) is 0 Å². The van der Waals surface area contributed by atoms with Gasteiger partial charge in [-0.3, -0.25) is 14.8 Å². The third-order valence-corrected chi connectivity index (χ3v) is 5.38. The smallest absolute Gasteiger partial charge is 0.259 e. The first kappa shape index (κ1) is 25.7. The number of aryl methyl sites for hydroxylation is 1. The van der Waals surface area contributed by atoms with E-state index in [2.05, 4.69) is 32.6 Å². The van der Waals surface area contributed by atoms with Crippen molar-refractivity contribution in [2.75, 3.05) is 13.7 Å². The van der Waals surface area contributed by atoms with Gasteiger partial charge in [-0.05, 0) is 39.3 Å². The van der Waals surface area contributed by atoms with Crippen LogP contribution in [-0.2, 0) is 11.3 Å². The maximum Gasteiger partial charge on any atom is 0.259 e. The number of carbonyl (C=O) groups excluding carboxylic acids is 1. The molecule has 0 spiro atoms. The molecule has 0 radical (unpaired) electrons. The summed E-state index contributed by atoms with van der Waals surface area (Å²) in [5.74, 6) is 0.146. The number of nitrogens with one attached hydrogen (secondary N) is 2. The van der Waals surface area contributed by atoms with Crippen LogP contribution in [0.15, 0.2) is 53.8 Å². The molecule has 0 aromatic carbocycles. The van der Waals surface area contributed by atoms with Crippen LogP contribution in [0.5, 0.6) is 5.88 Å². The zero-order valence-corrected chi connectivity index (χ0v) is 20.8. The van der Waals surface area contributed by atoms with Gasteiger partial charge in [-0.1, -0.05) is 18.6 Å². The highest BCUT2D eigenvalue weighted by Crippen LogP contribution is 2.34. The Balaban J connectivity index is 1.84. The highest BCUT2D eigenvalue weighted by molar-refractivity contribution is 6.19. The van der Waals surface area contributed by atoms with Crippen LogP contribution >= 0.6 is 0 Å². The van der Waals surface area contributed by atoms with E-state index in [4.69, 9.17) is 10.5 Å². The van der Waals surface area contributed by atoms with Crippen LogP contribution in [0.1, 0.15) is 38.6 Å². The summed E-state index contributed by atoms with van der Waals surface area (Å²) in [4.78, 5) is 22.0. The SMILES string of the molecule is CC/C=C/C(=C\C(NC(=O)/C(=C/N)c1cnc(-c2c(C)nn3c2OCC(O)C3)cn1)=C(C)C)NC. The van der Waals surface area contributed by atoms with Crippen molar-refractivity contribution < 1.29 is 14.6 Å². The minimum Gasteiger partial charge on any atom is -0.475 e. The van der Waals surface area contributed by atoms with Gasteiger partial charge in [0.15, 0.2) is 0 Å². The second-order valence-electron chi connectivity index (χ2n) is 8.31. The molecule has 3 rings (SSSR count). The van der Waals surface area contributed by atoms with E-state index in [1.165, 1.54) is 12.4 Å². The lowest BCUT2D eigenvalue weighted by Crippen LogP contribution is -2.30. The monoisotopic (exact) mass is 479 g/mol. The van der Waals surface area contributed by atoms with Gasteiger partial charge in [-0.15, -0.1) is 0 Å². The number of fused-ring (bicyclic) bond motifs is 1. The molecule has 1 aliphatic heterocycles. The van der Waals surface area contributed by atoms with Crippen LogP contribution in [0.4, 0.5) is 0 Å². The zero-order chi connectivity index (χ0) is 25.5. The Labute approximate surface area is 205 Å². The molecular weight excluding hydrogens is 446 g/mol. The Hall–Kier alpha value is -3.92. The summed E-state index contributed by atoms with van der Waals surface area (Å²) in [5.41, 5.74) is 10.8. The summed E-state index contributed by atoms with van der Waals surface area (Å²) < 4.78 is 7.30. The first-order chi connectivity index (χ1) is 16.8. The van der Waals surface area contributed by atoms with Crippen molar-refractivity contribution in [1.82, 2.24) is 30.4 Å². The van der Waals surface area contributed by atoms with Crippen molar-refractivity contribution >= 4 is 11.5 Å². The second kappa shape index (κ2) is 11.5. The third kappa shape index (κ3) is 5.96. The van der Waals surface area contributed by atoms with E-state index in [0.717, 1.165) is 17.7 Å². The first-order valence-corrected chi connectivity index (χ1v) is 11.5. The Morgan fingerprint density at radius 2 is 2.11 bits per heavy atom. The van der Waals surface area contributed by atoms with E-state index in [9.17, 15) is 9.90 Å². The number of nitrogens with two attached hydrogens (primary N) is 1. The molecule has 35 heavy (non-hydrogen) atoms. The van der Waals surface area contributed by atoms with Gasteiger partial charge in [0.1, 0.15) is 12.7 Å². The molecule has 0 aliphatic carbocycles. The quantitative estimate of drug-likeness (QED) is 0.334. The molecule has 10 nitrogen and oxygen atoms in total. The molecule has 186 valence electrons. The largest absolute Gasteiger partial charge is 0.475 e. The van der Waals surface area contributed by atoms with Gasteiger partial charge in [0.2, 0.25) is 5.88 Å². The van der Waals surface area contributed by atoms with Crippen molar-refractivity contribution in [3.8, 4) is 17.1 Å². The number of allylic oxidation sites excluding steroid dienone is 4. The highest BCUT2D eigenvalue weighted by atomic mass is 16.5. The van der Waals surface area contributed by atoms with Gasteiger partial charge in [0.05, 0.1) is 47.2 Å². The number of likely N-dealkylation sites (N-methyl/N-ethyl adjacent to an activating group) is 1. The van der Waals surface area contributed by atoms with E-state index in [-0.39, 0.29) is 12.2 Å². The number of aliphatic hydroxyl groups excluding tert-OH is 1. The van der Waals surface area contributed by atoms with Gasteiger partial charge >= 0.3 is 0 Å². The van der Waals surface area contributed by atoms with Crippen LogP contribution in [0.2, 0.25) is 0 Å². The zero-order valence-electron chi connectivity index (χ0n) is 20.8. The molecular formula is C25H33N7O3. The third-order valence-electron chi connectivity index (χ3n) is 5.38. The summed E-state index contributed by atoms with van der Waals surface area (Å²) in [5, 5.41) is 20.3. The molecule has 1 atom stereocenters. The minimum atomic E-state index is -0.605. The number of amides is 1. The molecule has 1 unspecified atom stereocenters. The molecule has 1 amide bonds. The second-order valence-corrected chi connectivity index (χ2v) is 8.31. The number of aromatic nitrogens is 4. The van der Waals surface area contributed by atoms with Crippen molar-refractivity contribution in [3.05, 3.63) is 65.2 Å². The molecule has 2 aromatic rings. The molecule has 0 saturated heterocycles. The van der Waals surface area contributed by atoms with Crippen LogP contribution < -0.4 is 21.1 Å². The first-order valence-electron chi connectivity index (χ1n) is 11.5. The fourth-order valence-corrected chi connectivity index (χ4v) is 3.53. The lowest BCUT2D eigenvalue weighted by atomic mass is 10.1. The van der Waals surface area contributed by atoms with E-state index in [0.29, 0.717) is 40.8 Å². The number of aliphatic hydroxyl groups is 1. The predicted molar refractivity (Wildman–Crippen MR) is 135 cm³/mol. The summed E-state index contributed by atoms with van der Waals surface area (Å²) in [7, 11) is 1.82. The van der Waals surface area contributed by atoms with Crippen LogP contribution in [0, 0.1) is 6.92 Å². The number of carbonyl (C=O) groups is 1. The van der Waals surface area contributed by atoms with Gasteiger partial charge in [0.25, 0.3) is 5.91 Å². The molecule has 5 N–H and O–H groups in total. The van der Waals surface area contributed by atoms with Crippen LogP contribution in [-0.4, -0.2) is 50.5 Å². The standard InChI is InChI=1S/C25H33N7O3/c1-6-7-8-17(27-5)9-20(15(2)3)30-24(34)19(10-26)21-11-29-22(12-28-21)23-16(4)31-32-13-18(33)14-35-25(23)32/h7-12,18,27,33H,6,13-14,26H2,1-5H3,(H,30,34)/b8-7+,17-9+,19-10+. The fraction of sp³-hybridized carbons (Fsp3) is 0.360. The lowest BCUT2D eigenvalue weighted by molar-refractivity contribution is -0.114. The summed E-state index contributed by atoms with van der Waals surface area (Å²) in [6, 6.07) is 0. The normalized spacial score (nSPS) is 16.0. The average Bonchev–Trinajstić information content (AvgIpc) is 3.16. The lowest BCUT2D eigenvalue weighted by Gasteiger charge is -2.20. The molecule has 10 heteroatoms. The molecule has 0 fully saturated rings. The van der Waals surface area contributed by atoms with Gasteiger partial charge in [-0.25, -0.2) is 4.68 Å². The molecule has 3 heterocycles. The number of hydrogen-bond donors (Lipinski definition) is 4. The number of rotatable bonds is 8. The maximum absolute atomic E-state index is 13.1. The Morgan fingerprint density at radius 1 is 1.34 bits per heavy atom. The fourth-order valence-electron chi connectivity index (χ4n) is 3.53. The topological polar surface area (TPSA) is 140 Å². The van der Waals surface area contributed by atoms with Crippen molar-refractivity contribution in [2.45, 2.75) is 46.8 Å².